The van der Waals surface area contributed by atoms with Gasteiger partial charge in [0, 0.05) is 38.3 Å². The van der Waals surface area contributed by atoms with Gasteiger partial charge in [-0.3, -0.25) is 14.2 Å². The Bertz CT molecular complexity index is 1120. The van der Waals surface area contributed by atoms with E-state index in [0.717, 1.165) is 5.56 Å². The second-order valence-electron chi connectivity index (χ2n) is 7.80. The van der Waals surface area contributed by atoms with Gasteiger partial charge >= 0.3 is 0 Å². The van der Waals surface area contributed by atoms with Gasteiger partial charge < -0.3 is 10.2 Å². The molecule has 3 heterocycles. The minimum absolute atomic E-state index is 0.0402. The summed E-state index contributed by atoms with van der Waals surface area (Å²) in [5, 5.41) is 3.06. The Morgan fingerprint density at radius 1 is 1.20 bits per heavy atom. The fourth-order valence-corrected chi connectivity index (χ4v) is 4.07. The lowest BCUT2D eigenvalue weighted by Crippen LogP contribution is -2.43. The van der Waals surface area contributed by atoms with Crippen LogP contribution in [0.1, 0.15) is 30.9 Å². The van der Waals surface area contributed by atoms with Crippen LogP contribution in [-0.2, 0) is 17.9 Å². The van der Waals surface area contributed by atoms with Gasteiger partial charge in [-0.05, 0) is 44.4 Å². The summed E-state index contributed by atoms with van der Waals surface area (Å²) in [6.07, 6.45) is 3.09. The molecule has 1 amide bonds. The van der Waals surface area contributed by atoms with Gasteiger partial charge in [-0.15, -0.1) is 0 Å². The number of benzene rings is 1. The first-order valence-corrected chi connectivity index (χ1v) is 10.5. The Kier molecular flexibility index (Phi) is 5.79. The number of amides is 1. The standard InChI is InChI=1S/C23H27N5O2/c1-3-28-20-19(8-5-11-24-20)26-21(23(28)30)27-12-9-18(10-13-27)22(29)25-15-17-7-4-6-16(2)14-17/h4-8,11,14,18H,3,9-10,12-13,15H2,1-2H3,(H,25,29). The maximum atomic E-state index is 13.0. The molecular formula is C23H27N5O2. The van der Waals surface area contributed by atoms with E-state index in [9.17, 15) is 9.59 Å². The Morgan fingerprint density at radius 2 is 2.00 bits per heavy atom. The third kappa shape index (κ3) is 4.06. The maximum absolute atomic E-state index is 13.0. The molecule has 0 aliphatic carbocycles. The van der Waals surface area contributed by atoms with Crippen molar-refractivity contribution in [1.29, 1.82) is 0 Å². The highest BCUT2D eigenvalue weighted by molar-refractivity contribution is 5.79. The van der Waals surface area contributed by atoms with E-state index in [1.165, 1.54) is 5.56 Å². The van der Waals surface area contributed by atoms with Crippen LogP contribution in [0.15, 0.2) is 47.4 Å². The summed E-state index contributed by atoms with van der Waals surface area (Å²) < 4.78 is 1.66. The molecule has 1 aromatic carbocycles. The topological polar surface area (TPSA) is 80.1 Å². The smallest absolute Gasteiger partial charge is 0.295 e. The molecule has 1 fully saturated rings. The van der Waals surface area contributed by atoms with Crippen molar-refractivity contribution < 1.29 is 4.79 Å². The number of rotatable bonds is 5. The SMILES string of the molecule is CCn1c(=O)c(N2CCC(C(=O)NCc3cccc(C)c3)CC2)nc2cccnc21. The van der Waals surface area contributed by atoms with Crippen molar-refractivity contribution in [3.63, 3.8) is 0 Å². The average molecular weight is 406 g/mol. The molecule has 0 radical (unpaired) electrons. The van der Waals surface area contributed by atoms with Crippen molar-refractivity contribution in [1.82, 2.24) is 19.9 Å². The molecule has 0 unspecified atom stereocenters. The molecule has 30 heavy (non-hydrogen) atoms. The van der Waals surface area contributed by atoms with Gasteiger partial charge in [0.15, 0.2) is 11.5 Å². The van der Waals surface area contributed by atoms with Gasteiger partial charge in [-0.25, -0.2) is 9.97 Å². The zero-order valence-corrected chi connectivity index (χ0v) is 17.5. The first-order valence-electron chi connectivity index (χ1n) is 10.5. The van der Waals surface area contributed by atoms with Gasteiger partial charge in [-0.2, -0.15) is 0 Å². The number of hydrogen-bond donors (Lipinski definition) is 1. The Balaban J connectivity index is 1.42. The maximum Gasteiger partial charge on any atom is 0.295 e. The van der Waals surface area contributed by atoms with E-state index in [0.29, 0.717) is 56.0 Å². The average Bonchev–Trinajstić information content (AvgIpc) is 2.77. The molecule has 0 spiro atoms. The molecule has 7 nitrogen and oxygen atoms in total. The number of piperidine rings is 1. The number of anilines is 1. The Hall–Kier alpha value is -3.22. The van der Waals surface area contributed by atoms with Gasteiger partial charge in [0.1, 0.15) is 5.52 Å². The number of fused-ring (bicyclic) bond motifs is 1. The number of carbonyl (C=O) groups is 1. The van der Waals surface area contributed by atoms with E-state index in [4.69, 9.17) is 0 Å². The van der Waals surface area contributed by atoms with Crippen LogP contribution in [0.3, 0.4) is 0 Å². The molecule has 2 aromatic heterocycles. The minimum atomic E-state index is -0.119. The van der Waals surface area contributed by atoms with E-state index in [2.05, 4.69) is 21.4 Å². The van der Waals surface area contributed by atoms with Gasteiger partial charge in [0.25, 0.3) is 5.56 Å². The molecule has 0 bridgehead atoms. The molecule has 156 valence electrons. The fourth-order valence-electron chi connectivity index (χ4n) is 4.07. The number of aromatic nitrogens is 3. The lowest BCUT2D eigenvalue weighted by atomic mass is 9.96. The highest BCUT2D eigenvalue weighted by Crippen LogP contribution is 2.21. The number of hydrogen-bond acceptors (Lipinski definition) is 5. The van der Waals surface area contributed by atoms with Crippen molar-refractivity contribution in [3.8, 4) is 0 Å². The number of nitrogens with one attached hydrogen (secondary N) is 1. The third-order valence-corrected chi connectivity index (χ3v) is 5.72. The molecule has 0 atom stereocenters. The van der Waals surface area contributed by atoms with Gasteiger partial charge in [-0.1, -0.05) is 29.8 Å². The monoisotopic (exact) mass is 405 g/mol. The summed E-state index contributed by atoms with van der Waals surface area (Å²) in [5.74, 6) is 0.496. The lowest BCUT2D eigenvalue weighted by Gasteiger charge is -2.32. The highest BCUT2D eigenvalue weighted by Gasteiger charge is 2.27. The van der Waals surface area contributed by atoms with Crippen LogP contribution in [0.25, 0.3) is 11.2 Å². The second kappa shape index (κ2) is 8.65. The Morgan fingerprint density at radius 3 is 2.73 bits per heavy atom. The number of carbonyl (C=O) groups excluding carboxylic acids is 1. The molecule has 1 aliphatic rings. The predicted molar refractivity (Wildman–Crippen MR) is 117 cm³/mol. The molecular weight excluding hydrogens is 378 g/mol. The Labute approximate surface area is 175 Å². The minimum Gasteiger partial charge on any atom is -0.352 e. The van der Waals surface area contributed by atoms with E-state index in [1.54, 1.807) is 10.8 Å². The van der Waals surface area contributed by atoms with Crippen molar-refractivity contribution in [2.75, 3.05) is 18.0 Å². The van der Waals surface area contributed by atoms with Crippen LogP contribution in [-0.4, -0.2) is 33.5 Å². The molecule has 7 heteroatoms. The van der Waals surface area contributed by atoms with E-state index in [1.807, 2.05) is 49.1 Å². The summed E-state index contributed by atoms with van der Waals surface area (Å²) in [6.45, 7) is 6.34. The normalized spacial score (nSPS) is 14.8. The summed E-state index contributed by atoms with van der Waals surface area (Å²) in [5.41, 5.74) is 3.50. The fraction of sp³-hybridized carbons (Fsp3) is 0.391. The number of pyridine rings is 1. The molecule has 3 aromatic rings. The summed E-state index contributed by atoms with van der Waals surface area (Å²) in [4.78, 5) is 36.5. The lowest BCUT2D eigenvalue weighted by molar-refractivity contribution is -0.125. The zero-order valence-electron chi connectivity index (χ0n) is 17.5. The van der Waals surface area contributed by atoms with E-state index >= 15 is 0 Å². The summed E-state index contributed by atoms with van der Waals surface area (Å²) in [6, 6.07) is 11.9. The quantitative estimate of drug-likeness (QED) is 0.706. The molecule has 0 saturated carbocycles. The van der Waals surface area contributed by atoms with Crippen molar-refractivity contribution in [3.05, 3.63) is 64.1 Å². The van der Waals surface area contributed by atoms with Crippen LogP contribution >= 0.6 is 0 Å². The van der Waals surface area contributed by atoms with Crippen LogP contribution in [0, 0.1) is 12.8 Å². The van der Waals surface area contributed by atoms with Crippen molar-refractivity contribution in [2.24, 2.45) is 5.92 Å². The molecule has 1 N–H and O–H groups in total. The van der Waals surface area contributed by atoms with Crippen molar-refractivity contribution in [2.45, 2.75) is 39.8 Å². The first-order chi connectivity index (χ1) is 14.6. The summed E-state index contributed by atoms with van der Waals surface area (Å²) in [7, 11) is 0. The van der Waals surface area contributed by atoms with Crippen LogP contribution < -0.4 is 15.8 Å². The van der Waals surface area contributed by atoms with Crippen molar-refractivity contribution >= 4 is 22.9 Å². The zero-order chi connectivity index (χ0) is 21.1. The largest absolute Gasteiger partial charge is 0.352 e. The summed E-state index contributed by atoms with van der Waals surface area (Å²) >= 11 is 0. The van der Waals surface area contributed by atoms with Crippen LogP contribution in [0.4, 0.5) is 5.82 Å². The number of nitrogens with zero attached hydrogens (tertiary/aromatic N) is 4. The molecule has 1 aliphatic heterocycles. The van der Waals surface area contributed by atoms with Crippen LogP contribution in [0.5, 0.6) is 0 Å². The first kappa shape index (κ1) is 20.1. The van der Waals surface area contributed by atoms with E-state index in [-0.39, 0.29) is 17.4 Å². The van der Waals surface area contributed by atoms with Gasteiger partial charge in [0.2, 0.25) is 5.91 Å². The molecule has 1 saturated heterocycles. The number of aryl methyl sites for hydroxylation is 2. The predicted octanol–water partition coefficient (Wildman–Crippen LogP) is 2.65. The van der Waals surface area contributed by atoms with E-state index < -0.39 is 0 Å². The molecule has 4 rings (SSSR count). The van der Waals surface area contributed by atoms with Gasteiger partial charge in [0.05, 0.1) is 0 Å². The van der Waals surface area contributed by atoms with Crippen LogP contribution in [0.2, 0.25) is 0 Å². The highest BCUT2D eigenvalue weighted by atomic mass is 16.2. The second-order valence-corrected chi connectivity index (χ2v) is 7.80. The third-order valence-electron chi connectivity index (χ3n) is 5.72.